The smallest absolute Gasteiger partial charge is 0.312 e. The fraction of sp³-hybridized carbons (Fsp3) is 0.391. The van der Waals surface area contributed by atoms with Gasteiger partial charge in [0.05, 0.1) is 36.5 Å². The highest BCUT2D eigenvalue weighted by atomic mass is 35.5. The van der Waals surface area contributed by atoms with Gasteiger partial charge in [-0.15, -0.1) is 4.83 Å². The van der Waals surface area contributed by atoms with E-state index < -0.39 is 10.2 Å². The van der Waals surface area contributed by atoms with Crippen LogP contribution >= 0.6 is 11.6 Å². The minimum atomic E-state index is -3.91. The molecule has 0 unspecified atom stereocenters. The van der Waals surface area contributed by atoms with E-state index in [1.165, 1.54) is 17.3 Å². The number of nitrogens with two attached hydrogens (primary N) is 1. The lowest BCUT2D eigenvalue weighted by Gasteiger charge is -2.26. The van der Waals surface area contributed by atoms with Crippen molar-refractivity contribution in [1.29, 1.82) is 0 Å². The largest absolute Gasteiger partial charge is 0.384 e. The number of anilines is 4. The Morgan fingerprint density at radius 1 is 1.13 bits per heavy atom. The summed E-state index contributed by atoms with van der Waals surface area (Å²) in [5.74, 6) is 1.36. The summed E-state index contributed by atoms with van der Waals surface area (Å²) < 4.78 is 32.5. The number of hydrogen-bond donors (Lipinski definition) is 4. The maximum atomic E-state index is 12.3. The first-order valence-corrected chi connectivity index (χ1v) is 13.7. The number of nitrogens with one attached hydrogen (secondary N) is 3. The molecule has 3 aromatic rings. The number of morpholine rings is 1. The average molecular weight is 563 g/mol. The number of aromatic nitrogens is 4. The zero-order valence-corrected chi connectivity index (χ0v) is 23.0. The van der Waals surface area contributed by atoms with Crippen LogP contribution in [0.3, 0.4) is 0 Å². The third kappa shape index (κ3) is 7.69. The van der Waals surface area contributed by atoms with Gasteiger partial charge in [-0.05, 0) is 31.0 Å². The van der Waals surface area contributed by atoms with Crippen LogP contribution in [0.4, 0.5) is 23.0 Å². The number of nitrogen functional groups attached to an aromatic ring is 1. The van der Waals surface area contributed by atoms with Crippen LogP contribution in [0, 0.1) is 6.92 Å². The number of nitrogens with zero attached hydrogens (tertiary/aromatic N) is 6. The van der Waals surface area contributed by atoms with Gasteiger partial charge < -0.3 is 15.8 Å². The molecule has 1 saturated heterocycles. The Balaban J connectivity index is 1.63. The van der Waals surface area contributed by atoms with Crippen LogP contribution in [0.25, 0.3) is 11.3 Å². The van der Waals surface area contributed by atoms with Crippen LogP contribution in [0.2, 0.25) is 5.15 Å². The summed E-state index contributed by atoms with van der Waals surface area (Å²) in [6.45, 7) is 5.94. The zero-order chi connectivity index (χ0) is 27.3. The van der Waals surface area contributed by atoms with E-state index in [-0.39, 0.29) is 10.8 Å². The Hall–Kier alpha value is -3.14. The molecule has 4 heterocycles. The van der Waals surface area contributed by atoms with E-state index in [4.69, 9.17) is 22.1 Å². The van der Waals surface area contributed by atoms with Gasteiger partial charge in [-0.1, -0.05) is 11.6 Å². The van der Waals surface area contributed by atoms with Crippen LogP contribution in [0.15, 0.2) is 30.6 Å². The van der Waals surface area contributed by atoms with Crippen molar-refractivity contribution in [2.45, 2.75) is 13.3 Å². The molecular weight excluding hydrogens is 532 g/mol. The number of rotatable bonds is 10. The number of aryl methyl sites for hydroxylation is 1. The van der Waals surface area contributed by atoms with E-state index in [9.17, 15) is 8.42 Å². The highest BCUT2D eigenvalue weighted by Gasteiger charge is 2.17. The second-order valence-electron chi connectivity index (χ2n) is 8.95. The fourth-order valence-electron chi connectivity index (χ4n) is 3.91. The first-order valence-electron chi connectivity index (χ1n) is 11.9. The number of halogens is 1. The van der Waals surface area contributed by atoms with Gasteiger partial charge in [0.15, 0.2) is 5.15 Å². The quantitative estimate of drug-likeness (QED) is 0.210. The van der Waals surface area contributed by atoms with Crippen molar-refractivity contribution >= 4 is 44.8 Å². The van der Waals surface area contributed by atoms with Crippen LogP contribution in [0.5, 0.6) is 0 Å². The number of pyridine rings is 2. The zero-order valence-electron chi connectivity index (χ0n) is 21.4. The molecule has 0 radical (unpaired) electrons. The molecule has 1 fully saturated rings. The van der Waals surface area contributed by atoms with Crippen LogP contribution in [-0.4, -0.2) is 85.2 Å². The summed E-state index contributed by atoms with van der Waals surface area (Å²) in [5, 5.41) is 4.49. The van der Waals surface area contributed by atoms with Crippen LogP contribution < -0.4 is 20.6 Å². The first kappa shape index (κ1) is 27.9. The summed E-state index contributed by atoms with van der Waals surface area (Å²) in [6.07, 6.45) is 4.08. The van der Waals surface area contributed by atoms with E-state index in [1.807, 2.05) is 6.07 Å². The maximum absolute atomic E-state index is 12.3. The lowest BCUT2D eigenvalue weighted by molar-refractivity contribution is 0.0384. The number of hydrazine groups is 1. The minimum Gasteiger partial charge on any atom is -0.384 e. The lowest BCUT2D eigenvalue weighted by Crippen LogP contribution is -2.40. The Morgan fingerprint density at radius 3 is 2.61 bits per heavy atom. The summed E-state index contributed by atoms with van der Waals surface area (Å²) in [6, 6.07) is 5.24. The van der Waals surface area contributed by atoms with Crippen molar-refractivity contribution < 1.29 is 13.2 Å². The highest BCUT2D eigenvalue weighted by molar-refractivity contribution is 7.90. The van der Waals surface area contributed by atoms with Crippen LogP contribution in [0.1, 0.15) is 11.4 Å². The molecule has 13 nitrogen and oxygen atoms in total. The van der Waals surface area contributed by atoms with Crippen molar-refractivity contribution in [1.82, 2.24) is 34.7 Å². The number of ether oxygens (including phenoxy) is 1. The monoisotopic (exact) mass is 562 g/mol. The molecule has 5 N–H and O–H groups in total. The van der Waals surface area contributed by atoms with Crippen molar-refractivity contribution in [2.75, 3.05) is 62.7 Å². The molecule has 0 bridgehead atoms. The van der Waals surface area contributed by atoms with Crippen molar-refractivity contribution in [3.63, 3.8) is 0 Å². The summed E-state index contributed by atoms with van der Waals surface area (Å²) >= 11 is 6.16. The van der Waals surface area contributed by atoms with Gasteiger partial charge in [0.25, 0.3) is 0 Å². The van der Waals surface area contributed by atoms with Crippen LogP contribution in [-0.2, 0) is 21.4 Å². The van der Waals surface area contributed by atoms with Crippen molar-refractivity contribution in [3.8, 4) is 11.3 Å². The molecule has 0 saturated carbocycles. The maximum Gasteiger partial charge on any atom is 0.312 e. The van der Waals surface area contributed by atoms with E-state index in [0.717, 1.165) is 44.8 Å². The van der Waals surface area contributed by atoms with Crippen molar-refractivity contribution in [3.05, 3.63) is 47.1 Å². The predicted molar refractivity (Wildman–Crippen MR) is 147 cm³/mol. The van der Waals surface area contributed by atoms with Gasteiger partial charge in [-0.3, -0.25) is 9.62 Å². The molecule has 0 atom stereocenters. The molecule has 0 aromatic carbocycles. The third-order valence-electron chi connectivity index (χ3n) is 5.55. The molecule has 204 valence electrons. The van der Waals surface area contributed by atoms with Gasteiger partial charge in [0.1, 0.15) is 17.5 Å². The standard InChI is InChI=1S/C23H31ClN10O3S/c1-15-28-19(12-21(25)29-15)18-10-16(4-5-34-6-8-37-9-7-34)13-27-23(18)30-17-11-20(22(24)26-14-17)31-38(35,36)32-33(2)3/h10-14,31-32H,4-9H2,1-3H3,(H,27,30)(H2,25,28,29). The van der Waals surface area contributed by atoms with Gasteiger partial charge in [-0.25, -0.2) is 24.9 Å². The fourth-order valence-corrected chi connectivity index (χ4v) is 5.09. The molecule has 4 rings (SSSR count). The SMILES string of the molecule is Cc1nc(N)cc(-c2cc(CCN3CCOCC3)cnc2Nc2cnc(Cl)c(NS(=O)(=O)NN(C)C)c2)n1. The van der Waals surface area contributed by atoms with E-state index in [2.05, 4.69) is 39.7 Å². The molecular formula is C23H31ClN10O3S. The molecule has 0 spiro atoms. The predicted octanol–water partition coefficient (Wildman–Crippen LogP) is 1.82. The van der Waals surface area contributed by atoms with Gasteiger partial charge in [0.2, 0.25) is 0 Å². The first-order chi connectivity index (χ1) is 18.1. The normalized spacial score (nSPS) is 14.6. The Bertz CT molecular complexity index is 1360. The topological polar surface area (TPSA) is 164 Å². The second-order valence-corrected chi connectivity index (χ2v) is 10.7. The Kier molecular flexibility index (Phi) is 8.91. The minimum absolute atomic E-state index is 0.00877. The molecule has 15 heteroatoms. The van der Waals surface area contributed by atoms with Gasteiger partial charge in [-0.2, -0.15) is 8.42 Å². The van der Waals surface area contributed by atoms with E-state index in [1.54, 1.807) is 33.3 Å². The summed E-state index contributed by atoms with van der Waals surface area (Å²) in [5.41, 5.74) is 8.93. The van der Waals surface area contributed by atoms with Gasteiger partial charge >= 0.3 is 10.2 Å². The summed E-state index contributed by atoms with van der Waals surface area (Å²) in [4.78, 5) is 22.2. The van der Waals surface area contributed by atoms with Crippen molar-refractivity contribution in [2.24, 2.45) is 0 Å². The Morgan fingerprint density at radius 2 is 1.89 bits per heavy atom. The van der Waals surface area contributed by atoms with E-state index >= 15 is 0 Å². The number of hydrogen-bond acceptors (Lipinski definition) is 11. The molecule has 38 heavy (non-hydrogen) atoms. The molecule has 1 aliphatic heterocycles. The van der Waals surface area contributed by atoms with E-state index in [0.29, 0.717) is 34.4 Å². The summed E-state index contributed by atoms with van der Waals surface area (Å²) in [7, 11) is -0.808. The molecule has 1 aliphatic rings. The lowest BCUT2D eigenvalue weighted by atomic mass is 10.1. The second kappa shape index (κ2) is 12.1. The average Bonchev–Trinajstić information content (AvgIpc) is 2.84. The van der Waals surface area contributed by atoms with Gasteiger partial charge in [0, 0.05) is 51.6 Å². The molecule has 0 aliphatic carbocycles. The molecule has 0 amide bonds. The molecule has 3 aromatic heterocycles. The Labute approximate surface area is 226 Å². The third-order valence-corrected chi connectivity index (χ3v) is 6.94. The highest BCUT2D eigenvalue weighted by Crippen LogP contribution is 2.31.